The van der Waals surface area contributed by atoms with Crippen molar-refractivity contribution in [3.8, 4) is 5.75 Å². The summed E-state index contributed by atoms with van der Waals surface area (Å²) in [7, 11) is -0.768. The van der Waals surface area contributed by atoms with Crippen LogP contribution in [0.5, 0.6) is 5.75 Å². The van der Waals surface area contributed by atoms with E-state index in [2.05, 4.69) is 68.2 Å². The Morgan fingerprint density at radius 2 is 1.67 bits per heavy atom. The maximum Gasteiger partial charge on any atom is 0.410 e. The first-order valence-electron chi connectivity index (χ1n) is 18.5. The minimum absolute atomic E-state index is 0.120. The Bertz CT molecular complexity index is 2310. The summed E-state index contributed by atoms with van der Waals surface area (Å²) in [6.07, 6.45) is 6.96. The van der Waals surface area contributed by atoms with Gasteiger partial charge in [-0.3, -0.25) is 24.0 Å². The highest BCUT2D eigenvalue weighted by atomic mass is 79.9. The summed E-state index contributed by atoms with van der Waals surface area (Å²) in [5.74, 6) is -1.32. The summed E-state index contributed by atoms with van der Waals surface area (Å²) in [5, 5.41) is 9.00. The standard InChI is InChI=1S/C38H47BrFN11O6S/c1-23(40)35(52)45-28-20-29(31(56-6)21-30(28)50-14-10-24(11-15-50)49-16-18-51(19-17-49)37(53)57-38(2,3)4)46-36-43-22-25(39)34(47-36)44-27-9-8-26-32(42-13-12-41-26)33(27)48(5)58(7,54)55/h8-9,12-13,20-22,24H,1,10-11,14-19H2,2-7H3,(H,45,52)(H2,43,44,46,47). The molecule has 17 nitrogen and oxygen atoms in total. The minimum atomic E-state index is -3.70. The largest absolute Gasteiger partial charge is 0.494 e. The van der Waals surface area contributed by atoms with Gasteiger partial charge in [-0.15, -0.1) is 0 Å². The van der Waals surface area contributed by atoms with E-state index in [0.717, 1.165) is 36.5 Å². The van der Waals surface area contributed by atoms with Crippen LogP contribution in [-0.4, -0.2) is 121 Å². The smallest absolute Gasteiger partial charge is 0.410 e. The number of anilines is 7. The van der Waals surface area contributed by atoms with E-state index in [9.17, 15) is 22.4 Å². The average molecular weight is 885 g/mol. The van der Waals surface area contributed by atoms with Crippen LogP contribution in [0.15, 0.2) is 59.7 Å². The van der Waals surface area contributed by atoms with Gasteiger partial charge < -0.3 is 35.2 Å². The zero-order chi connectivity index (χ0) is 41.9. The van der Waals surface area contributed by atoms with E-state index < -0.39 is 27.4 Å². The molecule has 310 valence electrons. The van der Waals surface area contributed by atoms with Crippen LogP contribution in [0.3, 0.4) is 0 Å². The number of halogens is 2. The Morgan fingerprint density at radius 3 is 2.31 bits per heavy atom. The summed E-state index contributed by atoms with van der Waals surface area (Å²) < 4.78 is 52.4. The Labute approximate surface area is 345 Å². The van der Waals surface area contributed by atoms with Gasteiger partial charge in [-0.05, 0) is 67.7 Å². The highest BCUT2D eigenvalue weighted by Crippen LogP contribution is 2.41. The molecular formula is C38H47BrFN11O6S. The molecular weight excluding hydrogens is 837 g/mol. The lowest BCUT2D eigenvalue weighted by Crippen LogP contribution is -2.55. The molecule has 3 N–H and O–H groups in total. The molecule has 4 aromatic rings. The van der Waals surface area contributed by atoms with Crippen molar-refractivity contribution in [3.05, 3.63) is 59.7 Å². The molecule has 2 amide bonds. The molecule has 0 aliphatic carbocycles. The van der Waals surface area contributed by atoms with Crippen LogP contribution < -0.4 is 29.9 Å². The van der Waals surface area contributed by atoms with E-state index in [1.165, 1.54) is 32.7 Å². The number of nitrogens with one attached hydrogen (secondary N) is 3. The lowest BCUT2D eigenvalue weighted by Gasteiger charge is -2.43. The average Bonchev–Trinajstić information content (AvgIpc) is 3.18. The number of hydrogen-bond acceptors (Lipinski definition) is 14. The monoisotopic (exact) mass is 883 g/mol. The first-order chi connectivity index (χ1) is 27.4. The van der Waals surface area contributed by atoms with Crippen molar-refractivity contribution in [2.75, 3.05) is 84.8 Å². The van der Waals surface area contributed by atoms with Crippen LogP contribution in [0, 0.1) is 0 Å². The van der Waals surface area contributed by atoms with Gasteiger partial charge in [0.1, 0.15) is 28.4 Å². The zero-order valence-electron chi connectivity index (χ0n) is 33.2. The maximum absolute atomic E-state index is 14.1. The van der Waals surface area contributed by atoms with Gasteiger partial charge in [0.15, 0.2) is 5.83 Å². The molecule has 0 radical (unpaired) electrons. The molecule has 6 rings (SSSR count). The number of piperidine rings is 1. The fraction of sp³-hybridized carbons (Fsp3) is 0.421. The molecule has 0 bridgehead atoms. The second-order valence-electron chi connectivity index (χ2n) is 14.9. The SMILES string of the molecule is C=C(F)C(=O)Nc1cc(Nc2ncc(Br)c(Nc3ccc4nccnc4c3N(C)S(C)(=O)=O)n2)c(OC)cc1N1CCC(N2CCN(C(=O)OC(C)(C)C)CC2)CC1. The predicted octanol–water partition coefficient (Wildman–Crippen LogP) is 6.02. The number of piperazine rings is 1. The van der Waals surface area contributed by atoms with Gasteiger partial charge in [-0.1, -0.05) is 6.58 Å². The third-order valence-corrected chi connectivity index (χ3v) is 11.5. The van der Waals surface area contributed by atoms with Crippen LogP contribution in [0.2, 0.25) is 0 Å². The Hall–Kier alpha value is -5.34. The van der Waals surface area contributed by atoms with Crippen molar-refractivity contribution in [3.63, 3.8) is 0 Å². The summed E-state index contributed by atoms with van der Waals surface area (Å²) >= 11 is 3.49. The van der Waals surface area contributed by atoms with Crippen molar-refractivity contribution >= 4 is 89.2 Å². The number of nitrogens with zero attached hydrogens (tertiary/aromatic N) is 8. The van der Waals surface area contributed by atoms with Gasteiger partial charge in [-0.25, -0.2) is 22.6 Å². The van der Waals surface area contributed by atoms with Crippen LogP contribution in [0.25, 0.3) is 11.0 Å². The maximum atomic E-state index is 14.1. The van der Waals surface area contributed by atoms with Crippen molar-refractivity contribution in [2.24, 2.45) is 0 Å². The van der Waals surface area contributed by atoms with Crippen molar-refractivity contribution in [1.29, 1.82) is 0 Å². The molecule has 2 aromatic heterocycles. The molecule has 2 aromatic carbocycles. The summed E-state index contributed by atoms with van der Waals surface area (Å²) in [6, 6.07) is 7.08. The molecule has 0 atom stereocenters. The molecule has 2 aliphatic rings. The first kappa shape index (κ1) is 42.3. The molecule has 0 saturated carbocycles. The summed E-state index contributed by atoms with van der Waals surface area (Å²) in [5.41, 5.74) is 2.28. The van der Waals surface area contributed by atoms with Crippen LogP contribution in [0.4, 0.5) is 49.4 Å². The summed E-state index contributed by atoms with van der Waals surface area (Å²) in [6.45, 7) is 12.7. The number of carbonyl (C=O) groups is 2. The lowest BCUT2D eigenvalue weighted by molar-refractivity contribution is -0.114. The highest BCUT2D eigenvalue weighted by molar-refractivity contribution is 9.10. The highest BCUT2D eigenvalue weighted by Gasteiger charge is 2.32. The Balaban J connectivity index is 1.22. The fourth-order valence-electron chi connectivity index (χ4n) is 6.83. The van der Waals surface area contributed by atoms with E-state index in [4.69, 9.17) is 9.47 Å². The van der Waals surface area contributed by atoms with Crippen LogP contribution in [-0.2, 0) is 19.6 Å². The number of sulfonamides is 1. The molecule has 58 heavy (non-hydrogen) atoms. The molecule has 4 heterocycles. The molecule has 2 saturated heterocycles. The van der Waals surface area contributed by atoms with Crippen LogP contribution >= 0.6 is 15.9 Å². The number of fused-ring (bicyclic) bond motifs is 1. The second kappa shape index (κ2) is 17.3. The number of carbonyl (C=O) groups excluding carboxylic acids is 2. The molecule has 2 fully saturated rings. The van der Waals surface area contributed by atoms with E-state index in [0.29, 0.717) is 76.2 Å². The number of ether oxygens (including phenoxy) is 2. The Morgan fingerprint density at radius 1 is 0.983 bits per heavy atom. The third-order valence-electron chi connectivity index (χ3n) is 9.77. The van der Waals surface area contributed by atoms with Gasteiger partial charge in [0.2, 0.25) is 16.0 Å². The van der Waals surface area contributed by atoms with E-state index in [1.807, 2.05) is 20.8 Å². The number of aromatic nitrogens is 4. The lowest BCUT2D eigenvalue weighted by atomic mass is 10.0. The van der Waals surface area contributed by atoms with Gasteiger partial charge >= 0.3 is 6.09 Å². The second-order valence-corrected chi connectivity index (χ2v) is 17.8. The van der Waals surface area contributed by atoms with Crippen molar-refractivity contribution < 1.29 is 31.9 Å². The van der Waals surface area contributed by atoms with Gasteiger partial charge in [0.05, 0.1) is 46.1 Å². The first-order valence-corrected chi connectivity index (χ1v) is 21.1. The normalized spacial score (nSPS) is 15.5. The quantitative estimate of drug-likeness (QED) is 0.149. The van der Waals surface area contributed by atoms with Gasteiger partial charge in [0, 0.05) is 77.0 Å². The fourth-order valence-corrected chi connectivity index (χ4v) is 7.63. The molecule has 0 spiro atoms. The molecule has 0 unspecified atom stereocenters. The topological polar surface area (TPSA) is 187 Å². The molecule has 2 aliphatic heterocycles. The predicted molar refractivity (Wildman–Crippen MR) is 226 cm³/mol. The number of hydrogen-bond donors (Lipinski definition) is 3. The number of methoxy groups -OCH3 is 1. The minimum Gasteiger partial charge on any atom is -0.494 e. The van der Waals surface area contributed by atoms with Gasteiger partial charge in [0.25, 0.3) is 5.91 Å². The van der Waals surface area contributed by atoms with E-state index in [1.54, 1.807) is 29.2 Å². The van der Waals surface area contributed by atoms with Gasteiger partial charge in [-0.2, -0.15) is 4.98 Å². The number of rotatable bonds is 11. The van der Waals surface area contributed by atoms with Crippen molar-refractivity contribution in [1.82, 2.24) is 29.7 Å². The number of amides is 2. The Kier molecular flexibility index (Phi) is 12.6. The van der Waals surface area contributed by atoms with E-state index in [-0.39, 0.29) is 23.5 Å². The summed E-state index contributed by atoms with van der Waals surface area (Å²) in [4.78, 5) is 49.3. The molecule has 20 heteroatoms. The van der Waals surface area contributed by atoms with Crippen molar-refractivity contribution in [2.45, 2.75) is 45.3 Å². The van der Waals surface area contributed by atoms with Crippen LogP contribution in [0.1, 0.15) is 33.6 Å². The number of benzene rings is 2. The zero-order valence-corrected chi connectivity index (χ0v) is 35.6. The van der Waals surface area contributed by atoms with E-state index >= 15 is 0 Å². The third kappa shape index (κ3) is 9.84.